The van der Waals surface area contributed by atoms with E-state index in [9.17, 15) is 0 Å². The Balaban J connectivity index is 2.87. The second-order valence-corrected chi connectivity index (χ2v) is 2.78. The smallest absolute Gasteiger partial charge is 0.113 e. The zero-order valence-corrected chi connectivity index (χ0v) is 6.71. The first-order chi connectivity index (χ1) is 5.27. The number of aromatic nitrogens is 3. The molecule has 0 bridgehead atoms. The molecule has 56 valence electrons. The van der Waals surface area contributed by atoms with Crippen LogP contribution in [0.1, 0.15) is 0 Å². The molecule has 2 aromatic rings. The molecule has 1 heterocycles. The van der Waals surface area contributed by atoms with E-state index in [2.05, 4.69) is 10.3 Å². The van der Waals surface area contributed by atoms with Crippen LogP contribution in [0.5, 0.6) is 0 Å². The van der Waals surface area contributed by atoms with Crippen molar-refractivity contribution in [3.05, 3.63) is 23.2 Å². The Morgan fingerprint density at radius 1 is 1.45 bits per heavy atom. The molecule has 1 aromatic heterocycles. The molecule has 0 radical (unpaired) electrons. The van der Waals surface area contributed by atoms with Crippen molar-refractivity contribution in [2.75, 3.05) is 0 Å². The van der Waals surface area contributed by atoms with Crippen LogP contribution >= 0.6 is 11.6 Å². The van der Waals surface area contributed by atoms with Gasteiger partial charge in [-0.3, -0.25) is 0 Å². The van der Waals surface area contributed by atoms with Gasteiger partial charge in [0.25, 0.3) is 0 Å². The number of rotatable bonds is 0. The predicted molar refractivity (Wildman–Crippen MR) is 43.5 cm³/mol. The van der Waals surface area contributed by atoms with Gasteiger partial charge in [0.05, 0.1) is 5.52 Å². The summed E-state index contributed by atoms with van der Waals surface area (Å²) in [5.74, 6) is 0. The molecule has 3 nitrogen and oxygen atoms in total. The molecule has 0 saturated heterocycles. The van der Waals surface area contributed by atoms with Gasteiger partial charge in [-0.1, -0.05) is 16.8 Å². The van der Waals surface area contributed by atoms with Crippen molar-refractivity contribution < 1.29 is 0 Å². The topological polar surface area (TPSA) is 30.7 Å². The number of halogens is 1. The standard InChI is InChI=1S/C7H6ClN3/c1-11-7-4-5(8)2-3-6(7)9-10-11/h2-4H,1H3. The van der Waals surface area contributed by atoms with Crippen LogP contribution in [0.4, 0.5) is 0 Å². The van der Waals surface area contributed by atoms with E-state index in [1.807, 2.05) is 19.2 Å². The molecule has 0 aliphatic rings. The molecule has 4 heteroatoms. The van der Waals surface area contributed by atoms with Crippen LogP contribution in [0.25, 0.3) is 11.0 Å². The summed E-state index contributed by atoms with van der Waals surface area (Å²) in [5.41, 5.74) is 1.83. The zero-order chi connectivity index (χ0) is 7.84. The van der Waals surface area contributed by atoms with Crippen molar-refractivity contribution in [3.63, 3.8) is 0 Å². The second-order valence-electron chi connectivity index (χ2n) is 2.35. The molecule has 0 saturated carbocycles. The van der Waals surface area contributed by atoms with Gasteiger partial charge in [-0.2, -0.15) is 0 Å². The maximum atomic E-state index is 5.78. The Kier molecular flexibility index (Phi) is 1.32. The van der Waals surface area contributed by atoms with Crippen molar-refractivity contribution in [2.24, 2.45) is 7.05 Å². The Morgan fingerprint density at radius 2 is 2.27 bits per heavy atom. The average Bonchev–Trinajstić information content (AvgIpc) is 2.33. The molecule has 0 aliphatic carbocycles. The third kappa shape index (κ3) is 0.973. The molecular weight excluding hydrogens is 162 g/mol. The van der Waals surface area contributed by atoms with E-state index < -0.39 is 0 Å². The predicted octanol–water partition coefficient (Wildman–Crippen LogP) is 1.62. The van der Waals surface area contributed by atoms with E-state index in [1.54, 1.807) is 10.7 Å². The van der Waals surface area contributed by atoms with Gasteiger partial charge in [0.15, 0.2) is 0 Å². The van der Waals surface area contributed by atoms with E-state index >= 15 is 0 Å². The zero-order valence-electron chi connectivity index (χ0n) is 5.95. The summed E-state index contributed by atoms with van der Waals surface area (Å²) in [5, 5.41) is 8.47. The fourth-order valence-corrected chi connectivity index (χ4v) is 1.17. The number of hydrogen-bond donors (Lipinski definition) is 0. The summed E-state index contributed by atoms with van der Waals surface area (Å²) < 4.78 is 1.70. The number of fused-ring (bicyclic) bond motifs is 1. The van der Waals surface area contributed by atoms with Crippen molar-refractivity contribution in [2.45, 2.75) is 0 Å². The molecular formula is C7H6ClN3. The third-order valence-electron chi connectivity index (χ3n) is 1.57. The molecule has 0 atom stereocenters. The van der Waals surface area contributed by atoms with E-state index in [1.165, 1.54) is 0 Å². The molecule has 11 heavy (non-hydrogen) atoms. The Bertz CT molecular complexity index is 393. The molecule has 1 aromatic carbocycles. The summed E-state index contributed by atoms with van der Waals surface area (Å²) in [6.45, 7) is 0. The normalized spacial score (nSPS) is 10.7. The van der Waals surface area contributed by atoms with Crippen LogP contribution < -0.4 is 0 Å². The minimum Gasteiger partial charge on any atom is -0.248 e. The molecule has 0 aliphatic heterocycles. The second kappa shape index (κ2) is 2.20. The highest BCUT2D eigenvalue weighted by molar-refractivity contribution is 6.31. The third-order valence-corrected chi connectivity index (χ3v) is 1.81. The minimum absolute atomic E-state index is 0.711. The van der Waals surface area contributed by atoms with Gasteiger partial charge >= 0.3 is 0 Å². The summed E-state index contributed by atoms with van der Waals surface area (Å²) in [7, 11) is 1.84. The first-order valence-corrected chi connectivity index (χ1v) is 3.60. The highest BCUT2D eigenvalue weighted by atomic mass is 35.5. The molecule has 0 unspecified atom stereocenters. The van der Waals surface area contributed by atoms with Crippen molar-refractivity contribution in [3.8, 4) is 0 Å². The van der Waals surface area contributed by atoms with Gasteiger partial charge in [0.1, 0.15) is 5.52 Å². The molecule has 0 spiro atoms. The summed E-state index contributed by atoms with van der Waals surface area (Å²) in [4.78, 5) is 0. The van der Waals surface area contributed by atoms with Crippen LogP contribution in [-0.2, 0) is 7.05 Å². The summed E-state index contributed by atoms with van der Waals surface area (Å²) in [6.07, 6.45) is 0. The van der Waals surface area contributed by atoms with E-state index in [-0.39, 0.29) is 0 Å². The van der Waals surface area contributed by atoms with Gasteiger partial charge in [-0.05, 0) is 18.2 Å². The SMILES string of the molecule is Cn1nnc2ccc(Cl)cc21. The van der Waals surface area contributed by atoms with Crippen molar-refractivity contribution >= 4 is 22.6 Å². The molecule has 0 N–H and O–H groups in total. The van der Waals surface area contributed by atoms with Gasteiger partial charge in [-0.25, -0.2) is 4.68 Å². The number of benzene rings is 1. The van der Waals surface area contributed by atoms with E-state index in [0.717, 1.165) is 11.0 Å². The molecule has 2 rings (SSSR count). The van der Waals surface area contributed by atoms with Crippen LogP contribution in [0.15, 0.2) is 18.2 Å². The monoisotopic (exact) mass is 167 g/mol. The fourth-order valence-electron chi connectivity index (χ4n) is 1.00. The van der Waals surface area contributed by atoms with Crippen LogP contribution in [-0.4, -0.2) is 15.0 Å². The Labute approximate surface area is 68.6 Å². The van der Waals surface area contributed by atoms with Crippen LogP contribution in [0.2, 0.25) is 5.02 Å². The van der Waals surface area contributed by atoms with Gasteiger partial charge in [0, 0.05) is 12.1 Å². The maximum Gasteiger partial charge on any atom is 0.113 e. The number of aryl methyl sites for hydroxylation is 1. The first-order valence-electron chi connectivity index (χ1n) is 3.22. The van der Waals surface area contributed by atoms with Crippen molar-refractivity contribution in [1.82, 2.24) is 15.0 Å². The molecule has 0 fully saturated rings. The number of hydrogen-bond acceptors (Lipinski definition) is 2. The minimum atomic E-state index is 0.711. The summed E-state index contributed by atoms with van der Waals surface area (Å²) in [6, 6.07) is 5.50. The lowest BCUT2D eigenvalue weighted by atomic mass is 10.3. The summed E-state index contributed by atoms with van der Waals surface area (Å²) >= 11 is 5.78. The highest BCUT2D eigenvalue weighted by Gasteiger charge is 1.99. The van der Waals surface area contributed by atoms with Gasteiger partial charge < -0.3 is 0 Å². The quantitative estimate of drug-likeness (QED) is 0.597. The lowest BCUT2D eigenvalue weighted by Gasteiger charge is -1.91. The lowest BCUT2D eigenvalue weighted by molar-refractivity contribution is 0.736. The van der Waals surface area contributed by atoms with E-state index in [4.69, 9.17) is 11.6 Å². The van der Waals surface area contributed by atoms with E-state index in [0.29, 0.717) is 5.02 Å². The Hall–Kier alpha value is -1.09. The fraction of sp³-hybridized carbons (Fsp3) is 0.143. The number of nitrogens with zero attached hydrogens (tertiary/aromatic N) is 3. The highest BCUT2D eigenvalue weighted by Crippen LogP contribution is 2.15. The van der Waals surface area contributed by atoms with Crippen LogP contribution in [0, 0.1) is 0 Å². The van der Waals surface area contributed by atoms with Gasteiger partial charge in [0.2, 0.25) is 0 Å². The molecule has 0 amide bonds. The van der Waals surface area contributed by atoms with Crippen LogP contribution in [0.3, 0.4) is 0 Å². The van der Waals surface area contributed by atoms with Crippen molar-refractivity contribution in [1.29, 1.82) is 0 Å². The average molecular weight is 168 g/mol. The van der Waals surface area contributed by atoms with Gasteiger partial charge in [-0.15, -0.1) is 5.10 Å². The Morgan fingerprint density at radius 3 is 3.09 bits per heavy atom. The largest absolute Gasteiger partial charge is 0.248 e. The maximum absolute atomic E-state index is 5.78. The first kappa shape index (κ1) is 6.61. The lowest BCUT2D eigenvalue weighted by Crippen LogP contribution is -1.88.